The van der Waals surface area contributed by atoms with E-state index in [1.807, 2.05) is 13.0 Å². The lowest BCUT2D eigenvalue weighted by Gasteiger charge is -2.06. The Labute approximate surface area is 133 Å². The van der Waals surface area contributed by atoms with Gasteiger partial charge in [0.25, 0.3) is 5.91 Å². The third-order valence-electron chi connectivity index (χ3n) is 3.69. The maximum atomic E-state index is 12.8. The summed E-state index contributed by atoms with van der Waals surface area (Å²) in [5.41, 5.74) is 3.15. The molecule has 0 aliphatic heterocycles. The first-order valence-corrected chi connectivity index (χ1v) is 7.53. The topological polar surface area (TPSA) is 59.8 Å². The highest BCUT2D eigenvalue weighted by Crippen LogP contribution is 2.13. The number of aryl methyl sites for hydroxylation is 1. The van der Waals surface area contributed by atoms with Gasteiger partial charge in [0.15, 0.2) is 0 Å². The SMILES string of the molecule is CCn1nnc2cc(C(=O)NCCc3ccc(F)cc3)ccc21. The molecule has 0 aliphatic rings. The molecule has 118 valence electrons. The Morgan fingerprint density at radius 3 is 2.74 bits per heavy atom. The van der Waals surface area contributed by atoms with Crippen molar-refractivity contribution in [1.82, 2.24) is 20.3 Å². The minimum Gasteiger partial charge on any atom is -0.352 e. The molecule has 1 heterocycles. The second kappa shape index (κ2) is 6.56. The van der Waals surface area contributed by atoms with Crippen LogP contribution in [0.2, 0.25) is 0 Å². The van der Waals surface area contributed by atoms with Crippen LogP contribution in [-0.2, 0) is 13.0 Å². The van der Waals surface area contributed by atoms with Crippen molar-refractivity contribution in [3.8, 4) is 0 Å². The molecule has 3 aromatic rings. The molecule has 0 saturated carbocycles. The van der Waals surface area contributed by atoms with Gasteiger partial charge in [-0.25, -0.2) is 9.07 Å². The van der Waals surface area contributed by atoms with Crippen molar-refractivity contribution in [2.24, 2.45) is 0 Å². The van der Waals surface area contributed by atoms with Crippen LogP contribution in [0.5, 0.6) is 0 Å². The Kier molecular flexibility index (Phi) is 4.32. The molecule has 1 N–H and O–H groups in total. The van der Waals surface area contributed by atoms with Gasteiger partial charge in [-0.1, -0.05) is 17.3 Å². The minimum absolute atomic E-state index is 0.153. The summed E-state index contributed by atoms with van der Waals surface area (Å²) >= 11 is 0. The largest absolute Gasteiger partial charge is 0.352 e. The monoisotopic (exact) mass is 312 g/mol. The summed E-state index contributed by atoms with van der Waals surface area (Å²) in [4.78, 5) is 12.2. The summed E-state index contributed by atoms with van der Waals surface area (Å²) in [6.45, 7) is 3.22. The Bertz CT molecular complexity index is 826. The number of carbonyl (C=O) groups is 1. The molecule has 0 unspecified atom stereocenters. The zero-order valence-electron chi connectivity index (χ0n) is 12.8. The van der Waals surface area contributed by atoms with Gasteiger partial charge in [-0.3, -0.25) is 4.79 Å². The lowest BCUT2D eigenvalue weighted by atomic mass is 10.1. The summed E-state index contributed by atoms with van der Waals surface area (Å²) in [6.07, 6.45) is 0.653. The predicted molar refractivity (Wildman–Crippen MR) is 85.6 cm³/mol. The van der Waals surface area contributed by atoms with Gasteiger partial charge in [-0.05, 0) is 49.2 Å². The quantitative estimate of drug-likeness (QED) is 0.787. The van der Waals surface area contributed by atoms with Crippen LogP contribution in [0, 0.1) is 5.82 Å². The lowest BCUT2D eigenvalue weighted by molar-refractivity contribution is 0.0954. The van der Waals surface area contributed by atoms with Crippen molar-refractivity contribution in [3.05, 3.63) is 59.4 Å². The van der Waals surface area contributed by atoms with Crippen LogP contribution in [0.25, 0.3) is 11.0 Å². The van der Waals surface area contributed by atoms with E-state index < -0.39 is 0 Å². The molecule has 0 spiro atoms. The van der Waals surface area contributed by atoms with Crippen molar-refractivity contribution >= 4 is 16.9 Å². The van der Waals surface area contributed by atoms with E-state index >= 15 is 0 Å². The average Bonchev–Trinajstić information content (AvgIpc) is 2.98. The van der Waals surface area contributed by atoms with Crippen LogP contribution in [0.4, 0.5) is 4.39 Å². The summed E-state index contributed by atoms with van der Waals surface area (Å²) in [5.74, 6) is -0.411. The highest BCUT2D eigenvalue weighted by atomic mass is 19.1. The third kappa shape index (κ3) is 3.36. The van der Waals surface area contributed by atoms with Crippen molar-refractivity contribution in [1.29, 1.82) is 0 Å². The number of nitrogens with one attached hydrogen (secondary N) is 1. The van der Waals surface area contributed by atoms with Crippen LogP contribution in [-0.4, -0.2) is 27.4 Å². The van der Waals surface area contributed by atoms with Crippen LogP contribution < -0.4 is 5.32 Å². The lowest BCUT2D eigenvalue weighted by Crippen LogP contribution is -2.25. The van der Waals surface area contributed by atoms with E-state index in [-0.39, 0.29) is 11.7 Å². The maximum absolute atomic E-state index is 12.8. The van der Waals surface area contributed by atoms with Gasteiger partial charge in [0.2, 0.25) is 0 Å². The summed E-state index contributed by atoms with van der Waals surface area (Å²) in [7, 11) is 0. The first-order chi connectivity index (χ1) is 11.2. The highest BCUT2D eigenvalue weighted by Gasteiger charge is 2.09. The van der Waals surface area contributed by atoms with E-state index in [0.717, 1.165) is 17.6 Å². The van der Waals surface area contributed by atoms with Gasteiger partial charge in [0.1, 0.15) is 11.3 Å². The second-order valence-corrected chi connectivity index (χ2v) is 5.24. The molecule has 3 rings (SSSR count). The number of amides is 1. The number of rotatable bonds is 5. The zero-order valence-corrected chi connectivity index (χ0v) is 12.8. The Morgan fingerprint density at radius 1 is 1.22 bits per heavy atom. The zero-order chi connectivity index (χ0) is 16.2. The van der Waals surface area contributed by atoms with Gasteiger partial charge in [-0.15, -0.1) is 5.10 Å². The Morgan fingerprint density at radius 2 is 2.00 bits per heavy atom. The van der Waals surface area contributed by atoms with Gasteiger partial charge in [-0.2, -0.15) is 0 Å². The number of hydrogen-bond donors (Lipinski definition) is 1. The van der Waals surface area contributed by atoms with Crippen molar-refractivity contribution in [2.45, 2.75) is 19.9 Å². The summed E-state index contributed by atoms with van der Waals surface area (Å²) < 4.78 is 14.6. The van der Waals surface area contributed by atoms with E-state index in [2.05, 4.69) is 15.6 Å². The van der Waals surface area contributed by atoms with E-state index in [0.29, 0.717) is 24.0 Å². The molecule has 5 nitrogen and oxygen atoms in total. The Balaban J connectivity index is 1.62. The maximum Gasteiger partial charge on any atom is 0.251 e. The minimum atomic E-state index is -0.258. The van der Waals surface area contributed by atoms with Gasteiger partial charge >= 0.3 is 0 Å². The molecule has 6 heteroatoms. The van der Waals surface area contributed by atoms with Crippen molar-refractivity contribution in [2.75, 3.05) is 6.54 Å². The van der Waals surface area contributed by atoms with E-state index in [4.69, 9.17) is 0 Å². The predicted octanol–water partition coefficient (Wildman–Crippen LogP) is 2.56. The third-order valence-corrected chi connectivity index (χ3v) is 3.69. The molecule has 2 aromatic carbocycles. The number of halogens is 1. The second-order valence-electron chi connectivity index (χ2n) is 5.24. The Hall–Kier alpha value is -2.76. The highest BCUT2D eigenvalue weighted by molar-refractivity contribution is 5.97. The number of hydrogen-bond acceptors (Lipinski definition) is 3. The van der Waals surface area contributed by atoms with E-state index in [1.54, 1.807) is 28.9 Å². The molecule has 1 aromatic heterocycles. The molecule has 0 aliphatic carbocycles. The molecular weight excluding hydrogens is 295 g/mol. The van der Waals surface area contributed by atoms with Crippen molar-refractivity contribution in [3.63, 3.8) is 0 Å². The molecule has 23 heavy (non-hydrogen) atoms. The summed E-state index contributed by atoms with van der Waals surface area (Å²) in [6, 6.07) is 11.6. The van der Waals surface area contributed by atoms with Crippen LogP contribution in [0.1, 0.15) is 22.8 Å². The molecular formula is C17H17FN4O. The normalized spacial score (nSPS) is 10.9. The van der Waals surface area contributed by atoms with Crippen molar-refractivity contribution < 1.29 is 9.18 Å². The fraction of sp³-hybridized carbons (Fsp3) is 0.235. The first-order valence-electron chi connectivity index (χ1n) is 7.53. The fourth-order valence-electron chi connectivity index (χ4n) is 2.42. The van der Waals surface area contributed by atoms with Gasteiger partial charge in [0, 0.05) is 18.7 Å². The molecule has 1 amide bonds. The molecule has 0 radical (unpaired) electrons. The van der Waals surface area contributed by atoms with E-state index in [9.17, 15) is 9.18 Å². The molecule has 0 atom stereocenters. The molecule has 0 fully saturated rings. The average molecular weight is 312 g/mol. The number of benzene rings is 2. The standard InChI is InChI=1S/C17H17FN4O/c1-2-22-16-8-5-13(11-15(16)20-21-22)17(23)19-10-9-12-3-6-14(18)7-4-12/h3-8,11H,2,9-10H2,1H3,(H,19,23). The number of fused-ring (bicyclic) bond motifs is 1. The van der Waals surface area contributed by atoms with Gasteiger partial charge < -0.3 is 5.32 Å². The number of nitrogens with zero attached hydrogens (tertiary/aromatic N) is 3. The number of aromatic nitrogens is 3. The fourth-order valence-corrected chi connectivity index (χ4v) is 2.42. The van der Waals surface area contributed by atoms with E-state index in [1.165, 1.54) is 12.1 Å². The van der Waals surface area contributed by atoms with Crippen LogP contribution in [0.3, 0.4) is 0 Å². The molecule has 0 bridgehead atoms. The molecule has 0 saturated heterocycles. The van der Waals surface area contributed by atoms with Gasteiger partial charge in [0.05, 0.1) is 5.52 Å². The van der Waals surface area contributed by atoms with Crippen LogP contribution in [0.15, 0.2) is 42.5 Å². The first kappa shape index (κ1) is 15.1. The number of carbonyl (C=O) groups excluding carboxylic acids is 1. The smallest absolute Gasteiger partial charge is 0.251 e. The van der Waals surface area contributed by atoms with Crippen LogP contribution >= 0.6 is 0 Å². The summed E-state index contributed by atoms with van der Waals surface area (Å²) in [5, 5.41) is 11.0.